The largest absolute Gasteiger partial charge is 0.546 e. The van der Waals surface area contributed by atoms with E-state index in [0.29, 0.717) is 5.56 Å². The molecular weight excluding hydrogens is 326 g/mol. The van der Waals surface area contributed by atoms with E-state index in [2.05, 4.69) is 17.0 Å². The average molecular weight is 339 g/mol. The monoisotopic (exact) mass is 338 g/mol. The number of halogens is 1. The third-order valence-corrected chi connectivity index (χ3v) is 2.59. The van der Waals surface area contributed by atoms with Gasteiger partial charge in [-0.3, -0.25) is 9.59 Å². The second-order valence-corrected chi connectivity index (χ2v) is 4.46. The second kappa shape index (κ2) is 9.21. The van der Waals surface area contributed by atoms with Crippen LogP contribution in [0.3, 0.4) is 0 Å². The van der Waals surface area contributed by atoms with Crippen LogP contribution < -0.4 is 20.6 Å². The fourth-order valence-electron chi connectivity index (χ4n) is 1.31. The van der Waals surface area contributed by atoms with E-state index in [9.17, 15) is 19.5 Å². The van der Waals surface area contributed by atoms with Crippen molar-refractivity contribution in [3.63, 3.8) is 0 Å². The van der Waals surface area contributed by atoms with Crippen molar-refractivity contribution in [1.29, 1.82) is 0 Å². The molecule has 0 aliphatic heterocycles. The number of aliphatic carboxylic acids is 1. The van der Waals surface area contributed by atoms with Gasteiger partial charge in [0.15, 0.2) is 0 Å². The molecule has 8 nitrogen and oxygen atoms in total. The van der Waals surface area contributed by atoms with E-state index in [1.54, 1.807) is 0 Å². The van der Waals surface area contributed by atoms with Crippen molar-refractivity contribution < 1.29 is 24.2 Å². The van der Waals surface area contributed by atoms with Crippen LogP contribution in [0.4, 0.5) is 0 Å². The van der Waals surface area contributed by atoms with Crippen molar-refractivity contribution >= 4 is 35.6 Å². The molecule has 0 bridgehead atoms. The smallest absolute Gasteiger partial charge is 0.329 e. The number of benzene rings is 1. The molecule has 0 unspecified atom stereocenters. The Balaban J connectivity index is 2.58. The number of carbonyl (C=O) groups is 3. The van der Waals surface area contributed by atoms with Gasteiger partial charge in [0, 0.05) is 6.54 Å². The molecule has 0 fully saturated rings. The van der Waals surface area contributed by atoms with Gasteiger partial charge in [-0.1, -0.05) is 17.7 Å². The summed E-state index contributed by atoms with van der Waals surface area (Å²) in [5.41, 5.74) is 2.54. The Labute approximate surface area is 136 Å². The standard InChI is InChI=1S/C14H14ClN3O5/c1-2-5-16-13(21)14(22)18-17-7-9-3-4-11(10(15)6-9)23-8-12(19)20/h2-4,6-7H,1,5,8H2,(H,16,21)(H,18,22)(H,19,20)/p-1/b17-7-. The first-order valence-corrected chi connectivity index (χ1v) is 6.66. The van der Waals surface area contributed by atoms with E-state index >= 15 is 0 Å². The summed E-state index contributed by atoms with van der Waals surface area (Å²) in [7, 11) is 0. The number of rotatable bonds is 7. The first-order chi connectivity index (χ1) is 10.9. The summed E-state index contributed by atoms with van der Waals surface area (Å²) >= 11 is 5.90. The van der Waals surface area contributed by atoms with Crippen LogP contribution in [0.25, 0.3) is 0 Å². The van der Waals surface area contributed by atoms with Crippen LogP contribution in [-0.2, 0) is 14.4 Å². The number of amides is 2. The maximum absolute atomic E-state index is 11.3. The van der Waals surface area contributed by atoms with Gasteiger partial charge in [-0.2, -0.15) is 5.10 Å². The first-order valence-electron chi connectivity index (χ1n) is 6.28. The van der Waals surface area contributed by atoms with Crippen molar-refractivity contribution in [2.24, 2.45) is 5.10 Å². The highest BCUT2D eigenvalue weighted by Crippen LogP contribution is 2.24. The van der Waals surface area contributed by atoms with Crippen molar-refractivity contribution in [1.82, 2.24) is 10.7 Å². The lowest BCUT2D eigenvalue weighted by molar-refractivity contribution is -0.307. The van der Waals surface area contributed by atoms with Gasteiger partial charge in [-0.25, -0.2) is 5.43 Å². The quantitative estimate of drug-likeness (QED) is 0.292. The summed E-state index contributed by atoms with van der Waals surface area (Å²) in [4.78, 5) is 32.9. The number of carboxylic acids is 1. The Morgan fingerprint density at radius 2 is 2.09 bits per heavy atom. The molecule has 0 aliphatic rings. The minimum absolute atomic E-state index is 0.158. The number of nitrogens with zero attached hydrogens (tertiary/aromatic N) is 1. The lowest BCUT2D eigenvalue weighted by Gasteiger charge is -2.08. The predicted molar refractivity (Wildman–Crippen MR) is 80.9 cm³/mol. The lowest BCUT2D eigenvalue weighted by atomic mass is 10.2. The lowest BCUT2D eigenvalue weighted by Crippen LogP contribution is -2.37. The highest BCUT2D eigenvalue weighted by atomic mass is 35.5. The zero-order chi connectivity index (χ0) is 17.2. The topological polar surface area (TPSA) is 120 Å². The fourth-order valence-corrected chi connectivity index (χ4v) is 1.56. The molecule has 0 saturated carbocycles. The van der Waals surface area contributed by atoms with Gasteiger partial charge < -0.3 is 20.0 Å². The van der Waals surface area contributed by atoms with Crippen LogP contribution in [0, 0.1) is 0 Å². The molecular formula is C14H13ClN3O5-. The van der Waals surface area contributed by atoms with Gasteiger partial charge in [0.2, 0.25) is 0 Å². The summed E-state index contributed by atoms with van der Waals surface area (Å²) in [5.74, 6) is -2.97. The van der Waals surface area contributed by atoms with E-state index in [1.165, 1.54) is 30.5 Å². The van der Waals surface area contributed by atoms with Crippen LogP contribution in [0.5, 0.6) is 5.75 Å². The third-order valence-electron chi connectivity index (χ3n) is 2.29. The Morgan fingerprint density at radius 3 is 2.70 bits per heavy atom. The number of carboxylic acid groups (broad SMARTS) is 1. The Morgan fingerprint density at radius 1 is 1.35 bits per heavy atom. The van der Waals surface area contributed by atoms with Crippen molar-refractivity contribution in [2.45, 2.75) is 0 Å². The van der Waals surface area contributed by atoms with E-state index in [1.807, 2.05) is 5.43 Å². The van der Waals surface area contributed by atoms with Crippen LogP contribution >= 0.6 is 11.6 Å². The van der Waals surface area contributed by atoms with Gasteiger partial charge in [0.05, 0.1) is 17.2 Å². The molecule has 122 valence electrons. The number of ether oxygens (including phenoxy) is 1. The number of hydrogen-bond acceptors (Lipinski definition) is 6. The molecule has 0 spiro atoms. The molecule has 0 heterocycles. The number of hydrazone groups is 1. The number of nitrogens with one attached hydrogen (secondary N) is 2. The SMILES string of the molecule is C=CCNC(=O)C(=O)N/N=C\c1ccc(OCC(=O)[O-])c(Cl)c1. The maximum atomic E-state index is 11.3. The third kappa shape index (κ3) is 6.62. The number of hydrogen-bond donors (Lipinski definition) is 2. The summed E-state index contributed by atoms with van der Waals surface area (Å²) in [5, 5.41) is 16.3. The molecule has 0 atom stereocenters. The van der Waals surface area contributed by atoms with E-state index in [-0.39, 0.29) is 17.3 Å². The van der Waals surface area contributed by atoms with Crippen LogP contribution in [0.2, 0.25) is 5.02 Å². The molecule has 1 rings (SSSR count). The fraction of sp³-hybridized carbons (Fsp3) is 0.143. The summed E-state index contributed by atoms with van der Waals surface area (Å²) in [6.07, 6.45) is 2.69. The Bertz CT molecular complexity index is 645. The molecule has 0 aliphatic carbocycles. The van der Waals surface area contributed by atoms with Crippen molar-refractivity contribution in [3.8, 4) is 5.75 Å². The summed E-state index contributed by atoms with van der Waals surface area (Å²) < 4.78 is 4.90. The van der Waals surface area contributed by atoms with Gasteiger partial charge in [0.25, 0.3) is 0 Å². The molecule has 1 aromatic carbocycles. The van der Waals surface area contributed by atoms with Crippen LogP contribution in [-0.4, -0.2) is 37.1 Å². The highest BCUT2D eigenvalue weighted by Gasteiger charge is 2.10. The van der Waals surface area contributed by atoms with E-state index in [0.717, 1.165) is 0 Å². The van der Waals surface area contributed by atoms with E-state index in [4.69, 9.17) is 16.3 Å². The molecule has 23 heavy (non-hydrogen) atoms. The zero-order valence-electron chi connectivity index (χ0n) is 11.9. The zero-order valence-corrected chi connectivity index (χ0v) is 12.6. The summed E-state index contributed by atoms with van der Waals surface area (Å²) in [6, 6.07) is 4.41. The minimum atomic E-state index is -1.37. The molecule has 0 radical (unpaired) electrons. The number of carbonyl (C=O) groups excluding carboxylic acids is 3. The second-order valence-electron chi connectivity index (χ2n) is 4.05. The van der Waals surface area contributed by atoms with Gasteiger partial charge >= 0.3 is 11.8 Å². The highest BCUT2D eigenvalue weighted by molar-refractivity contribution is 6.35. The normalized spacial score (nSPS) is 10.1. The van der Waals surface area contributed by atoms with Gasteiger partial charge in [-0.15, -0.1) is 6.58 Å². The molecule has 0 aromatic heterocycles. The molecule has 2 N–H and O–H groups in total. The van der Waals surface area contributed by atoms with E-state index < -0.39 is 24.4 Å². The Hall–Kier alpha value is -2.87. The van der Waals surface area contributed by atoms with Crippen molar-refractivity contribution in [2.75, 3.05) is 13.2 Å². The minimum Gasteiger partial charge on any atom is -0.546 e. The molecule has 9 heteroatoms. The molecule has 1 aromatic rings. The van der Waals surface area contributed by atoms with Crippen LogP contribution in [0.15, 0.2) is 36.0 Å². The average Bonchev–Trinajstić information content (AvgIpc) is 2.51. The van der Waals surface area contributed by atoms with Gasteiger partial charge in [0.1, 0.15) is 12.4 Å². The maximum Gasteiger partial charge on any atom is 0.329 e. The predicted octanol–water partition coefficient (Wildman–Crippen LogP) is -0.779. The van der Waals surface area contributed by atoms with Gasteiger partial charge in [-0.05, 0) is 23.8 Å². The first kappa shape index (κ1) is 18.2. The van der Waals surface area contributed by atoms with Crippen molar-refractivity contribution in [3.05, 3.63) is 41.4 Å². The Kier molecular flexibility index (Phi) is 7.28. The molecule has 2 amide bonds. The van der Waals surface area contributed by atoms with Crippen LogP contribution in [0.1, 0.15) is 5.56 Å². The summed E-state index contributed by atoms with van der Waals surface area (Å²) in [6.45, 7) is 2.94. The molecule has 0 saturated heterocycles.